The van der Waals surface area contributed by atoms with Crippen LogP contribution in [0, 0.1) is 0 Å². The van der Waals surface area contributed by atoms with E-state index in [1.54, 1.807) is 78.7 Å². The quantitative estimate of drug-likeness (QED) is 0.354. The lowest BCUT2D eigenvalue weighted by Gasteiger charge is -2.13. The molecule has 0 saturated carbocycles. The van der Waals surface area contributed by atoms with Crippen LogP contribution < -0.4 is 0 Å². The Morgan fingerprint density at radius 3 is 1.89 bits per heavy atom. The highest BCUT2D eigenvalue weighted by Gasteiger charge is 2.35. The standard InChI is InChI=1S/C16H11N5O2.C7H6N4.2ClH/c22-15-12-3-1-2-4-13(12)16(23)21(15)10-20-7-14(19-9-20)11-5-17-8-18-6-11;1-6(2-9-4-8-1)7-3-10-5-11-7;;/h1-9H,10H2;1-5H,(H,10,11);2*1H. The number of nitrogens with one attached hydrogen (secondary N) is 1. The van der Waals surface area contributed by atoms with Gasteiger partial charge in [-0.3, -0.25) is 14.5 Å². The number of aromatic amines is 1. The van der Waals surface area contributed by atoms with Crippen molar-refractivity contribution in [1.82, 2.24) is 44.4 Å². The molecule has 0 bridgehead atoms. The van der Waals surface area contributed by atoms with Crippen molar-refractivity contribution in [1.29, 1.82) is 0 Å². The predicted molar refractivity (Wildman–Crippen MR) is 134 cm³/mol. The summed E-state index contributed by atoms with van der Waals surface area (Å²) in [6, 6.07) is 6.82. The van der Waals surface area contributed by atoms with Crippen molar-refractivity contribution in [3.05, 3.63) is 97.9 Å². The molecule has 1 N–H and O–H groups in total. The van der Waals surface area contributed by atoms with E-state index < -0.39 is 0 Å². The van der Waals surface area contributed by atoms with E-state index >= 15 is 0 Å². The Balaban J connectivity index is 0.000000236. The number of aromatic nitrogens is 8. The molecule has 0 atom stereocenters. The number of imide groups is 1. The van der Waals surface area contributed by atoms with Gasteiger partial charge < -0.3 is 9.55 Å². The number of fused-ring (bicyclic) bond motifs is 1. The van der Waals surface area contributed by atoms with Crippen molar-refractivity contribution in [2.75, 3.05) is 0 Å². The Morgan fingerprint density at radius 1 is 0.750 bits per heavy atom. The van der Waals surface area contributed by atoms with E-state index in [1.165, 1.54) is 17.6 Å². The van der Waals surface area contributed by atoms with Gasteiger partial charge in [-0.2, -0.15) is 0 Å². The van der Waals surface area contributed by atoms with Gasteiger partial charge in [-0.05, 0) is 12.1 Å². The molecule has 1 aliphatic heterocycles. The number of hydrogen-bond donors (Lipinski definition) is 1. The number of carbonyl (C=O) groups is 2. The van der Waals surface area contributed by atoms with Gasteiger partial charge in [-0.25, -0.2) is 29.9 Å². The van der Waals surface area contributed by atoms with Gasteiger partial charge in [0.15, 0.2) is 0 Å². The van der Waals surface area contributed by atoms with Crippen molar-refractivity contribution >= 4 is 36.6 Å². The summed E-state index contributed by atoms with van der Waals surface area (Å²) in [5, 5.41) is 0. The molecule has 36 heavy (non-hydrogen) atoms. The number of hydrogen-bond acceptors (Lipinski definition) is 8. The topological polar surface area (TPSA) is 135 Å². The van der Waals surface area contributed by atoms with Crippen LogP contribution in [0.5, 0.6) is 0 Å². The second-order valence-electron chi connectivity index (χ2n) is 7.22. The Kier molecular flexibility index (Phi) is 8.55. The number of H-pyrrole nitrogens is 1. The van der Waals surface area contributed by atoms with E-state index in [-0.39, 0.29) is 43.3 Å². The molecule has 182 valence electrons. The van der Waals surface area contributed by atoms with E-state index in [1.807, 2.05) is 0 Å². The van der Waals surface area contributed by atoms with Crippen LogP contribution in [-0.2, 0) is 6.67 Å². The summed E-state index contributed by atoms with van der Waals surface area (Å²) in [4.78, 5) is 52.7. The third kappa shape index (κ3) is 5.43. The minimum atomic E-state index is -0.288. The predicted octanol–water partition coefficient (Wildman–Crippen LogP) is 3.30. The molecular formula is C23H19Cl2N9O2. The zero-order valence-corrected chi connectivity index (χ0v) is 20.1. The number of benzene rings is 1. The van der Waals surface area contributed by atoms with Crippen molar-refractivity contribution in [3.8, 4) is 22.5 Å². The SMILES string of the molecule is Cl.Cl.O=C1c2ccccc2C(=O)N1Cn1cnc(-c2cncnc2)c1.c1ncc(-c2cnc[nH]2)cn1. The fourth-order valence-electron chi connectivity index (χ4n) is 3.40. The maximum atomic E-state index is 12.3. The van der Waals surface area contributed by atoms with E-state index in [2.05, 4.69) is 34.9 Å². The summed E-state index contributed by atoms with van der Waals surface area (Å²) < 4.78 is 1.68. The molecule has 11 nitrogen and oxygen atoms in total. The van der Waals surface area contributed by atoms with Crippen molar-refractivity contribution in [2.45, 2.75) is 6.67 Å². The average molecular weight is 524 g/mol. The summed E-state index contributed by atoms with van der Waals surface area (Å²) in [5.74, 6) is -0.576. The fourth-order valence-corrected chi connectivity index (χ4v) is 3.40. The Morgan fingerprint density at radius 2 is 1.33 bits per heavy atom. The molecule has 0 unspecified atom stereocenters. The first-order valence-electron chi connectivity index (χ1n) is 10.2. The zero-order valence-electron chi connectivity index (χ0n) is 18.5. The normalized spacial score (nSPS) is 11.6. The first-order chi connectivity index (χ1) is 16.7. The first-order valence-corrected chi connectivity index (χ1v) is 10.2. The van der Waals surface area contributed by atoms with E-state index in [4.69, 9.17) is 0 Å². The van der Waals surface area contributed by atoms with Crippen LogP contribution in [0.15, 0.2) is 86.8 Å². The second kappa shape index (κ2) is 11.8. The maximum absolute atomic E-state index is 12.3. The molecule has 0 spiro atoms. The van der Waals surface area contributed by atoms with Crippen molar-refractivity contribution in [2.24, 2.45) is 0 Å². The third-order valence-electron chi connectivity index (χ3n) is 5.04. The van der Waals surface area contributed by atoms with Crippen LogP contribution in [0.25, 0.3) is 22.5 Å². The van der Waals surface area contributed by atoms with Gasteiger partial charge in [-0.15, -0.1) is 24.8 Å². The molecule has 0 fully saturated rings. The van der Waals surface area contributed by atoms with Gasteiger partial charge in [0.2, 0.25) is 0 Å². The minimum absolute atomic E-state index is 0. The summed E-state index contributed by atoms with van der Waals surface area (Å²) in [5.41, 5.74) is 4.22. The molecule has 2 amide bonds. The van der Waals surface area contributed by atoms with E-state index in [0.717, 1.165) is 16.8 Å². The molecule has 0 radical (unpaired) electrons. The zero-order chi connectivity index (χ0) is 23.3. The molecule has 1 aliphatic rings. The van der Waals surface area contributed by atoms with Gasteiger partial charge in [0.25, 0.3) is 11.8 Å². The largest absolute Gasteiger partial charge is 0.345 e. The Bertz CT molecular complexity index is 1390. The molecule has 5 heterocycles. The number of amides is 2. The Hall–Kier alpha value is -4.48. The highest BCUT2D eigenvalue weighted by molar-refractivity contribution is 6.21. The molecule has 13 heteroatoms. The Labute approximate surface area is 217 Å². The lowest BCUT2D eigenvalue weighted by molar-refractivity contribution is 0.0606. The summed E-state index contributed by atoms with van der Waals surface area (Å²) >= 11 is 0. The third-order valence-corrected chi connectivity index (χ3v) is 5.04. The number of rotatable bonds is 4. The second-order valence-corrected chi connectivity index (χ2v) is 7.22. The molecule has 0 aliphatic carbocycles. The van der Waals surface area contributed by atoms with Crippen LogP contribution in [0.4, 0.5) is 0 Å². The molecule has 5 aromatic rings. The summed E-state index contributed by atoms with van der Waals surface area (Å²) in [6.45, 7) is 0.118. The monoisotopic (exact) mass is 523 g/mol. The number of imidazole rings is 2. The number of halogens is 2. The van der Waals surface area contributed by atoms with E-state index in [0.29, 0.717) is 16.8 Å². The van der Waals surface area contributed by atoms with Crippen LogP contribution in [0.1, 0.15) is 20.7 Å². The van der Waals surface area contributed by atoms with Crippen LogP contribution in [0.2, 0.25) is 0 Å². The lowest BCUT2D eigenvalue weighted by Crippen LogP contribution is -2.31. The maximum Gasteiger partial charge on any atom is 0.263 e. The minimum Gasteiger partial charge on any atom is -0.345 e. The lowest BCUT2D eigenvalue weighted by atomic mass is 10.1. The fraction of sp³-hybridized carbons (Fsp3) is 0.0435. The summed E-state index contributed by atoms with van der Waals surface area (Å²) in [7, 11) is 0. The van der Waals surface area contributed by atoms with E-state index in [9.17, 15) is 9.59 Å². The highest BCUT2D eigenvalue weighted by Crippen LogP contribution is 2.23. The van der Waals surface area contributed by atoms with Gasteiger partial charge >= 0.3 is 0 Å². The molecule has 4 aromatic heterocycles. The van der Waals surface area contributed by atoms with Crippen LogP contribution in [0.3, 0.4) is 0 Å². The molecule has 0 saturated heterocycles. The van der Waals surface area contributed by atoms with Crippen molar-refractivity contribution in [3.63, 3.8) is 0 Å². The summed E-state index contributed by atoms with van der Waals surface area (Å²) in [6.07, 6.45) is 16.4. The molecular weight excluding hydrogens is 505 g/mol. The number of carbonyl (C=O) groups excluding carboxylic acids is 2. The van der Waals surface area contributed by atoms with Crippen LogP contribution in [-0.4, -0.2) is 56.2 Å². The van der Waals surface area contributed by atoms with Gasteiger partial charge in [-0.1, -0.05) is 12.1 Å². The number of nitrogens with zero attached hydrogens (tertiary/aromatic N) is 8. The van der Waals surface area contributed by atoms with Gasteiger partial charge in [0, 0.05) is 42.1 Å². The molecule has 1 aromatic carbocycles. The molecule has 6 rings (SSSR count). The van der Waals surface area contributed by atoms with Crippen LogP contribution >= 0.6 is 24.8 Å². The van der Waals surface area contributed by atoms with Gasteiger partial charge in [0.1, 0.15) is 19.3 Å². The smallest absolute Gasteiger partial charge is 0.263 e. The van der Waals surface area contributed by atoms with Crippen molar-refractivity contribution < 1.29 is 9.59 Å². The first kappa shape index (κ1) is 26.1. The van der Waals surface area contributed by atoms with Gasteiger partial charge in [0.05, 0.1) is 41.4 Å². The highest BCUT2D eigenvalue weighted by atomic mass is 35.5. The average Bonchev–Trinajstić information content (AvgIpc) is 3.65.